The van der Waals surface area contributed by atoms with Crippen molar-refractivity contribution in [2.45, 2.75) is 13.0 Å². The smallest absolute Gasteiger partial charge is 0.411 e. The highest BCUT2D eigenvalue weighted by Crippen LogP contribution is 2.23. The Labute approximate surface area is 187 Å². The van der Waals surface area contributed by atoms with Crippen molar-refractivity contribution in [3.05, 3.63) is 104 Å². The van der Waals surface area contributed by atoms with E-state index in [0.29, 0.717) is 38.9 Å². The summed E-state index contributed by atoms with van der Waals surface area (Å²) in [6, 6.07) is 19.5. The molecule has 0 aliphatic rings. The number of H-pyrrole nitrogens is 1. The van der Waals surface area contributed by atoms with Crippen LogP contribution in [-0.2, 0) is 17.8 Å². The number of anilines is 1. The second kappa shape index (κ2) is 9.20. The third-order valence-electron chi connectivity index (χ3n) is 4.57. The van der Waals surface area contributed by atoms with Gasteiger partial charge in [-0.15, -0.1) is 0 Å². The summed E-state index contributed by atoms with van der Waals surface area (Å²) in [5.41, 5.74) is 2.41. The van der Waals surface area contributed by atoms with Crippen LogP contribution in [0.1, 0.15) is 17.0 Å². The number of hydrogen-bond donors (Lipinski definition) is 2. The molecular weight excluding hydrogens is 437 g/mol. The summed E-state index contributed by atoms with van der Waals surface area (Å²) in [4.78, 5) is 31.9. The van der Waals surface area contributed by atoms with Crippen molar-refractivity contribution in [1.29, 1.82) is 0 Å². The molecule has 0 saturated heterocycles. The number of benzene rings is 3. The Balaban J connectivity index is 1.51. The average Bonchev–Trinajstić information content (AvgIpc) is 2.75. The average molecular weight is 454 g/mol. The van der Waals surface area contributed by atoms with Crippen LogP contribution in [-0.4, -0.2) is 16.1 Å². The molecule has 0 fully saturated rings. The number of carbonyl (C=O) groups is 1. The van der Waals surface area contributed by atoms with E-state index in [0.717, 1.165) is 11.1 Å². The maximum atomic E-state index is 12.4. The van der Waals surface area contributed by atoms with E-state index in [1.165, 1.54) is 0 Å². The molecule has 31 heavy (non-hydrogen) atoms. The Hall–Kier alpha value is -3.35. The van der Waals surface area contributed by atoms with E-state index in [9.17, 15) is 9.59 Å². The van der Waals surface area contributed by atoms with Crippen molar-refractivity contribution in [1.82, 2.24) is 9.97 Å². The van der Waals surface area contributed by atoms with Gasteiger partial charge in [0.05, 0.1) is 20.9 Å². The molecule has 4 aromatic rings. The number of fused-ring (bicyclic) bond motifs is 1. The molecule has 1 heterocycles. The number of hydrogen-bond acceptors (Lipinski definition) is 4. The molecule has 0 bridgehead atoms. The first kappa shape index (κ1) is 20.9. The van der Waals surface area contributed by atoms with Gasteiger partial charge in [0.1, 0.15) is 12.4 Å². The molecule has 3 aromatic carbocycles. The molecule has 8 heteroatoms. The molecule has 0 radical (unpaired) electrons. The molecule has 0 aliphatic carbocycles. The number of carbonyl (C=O) groups excluding carboxylic acids is 1. The lowest BCUT2D eigenvalue weighted by molar-refractivity contribution is 0.155. The van der Waals surface area contributed by atoms with E-state index in [-0.39, 0.29) is 12.2 Å². The van der Waals surface area contributed by atoms with Gasteiger partial charge in [0.2, 0.25) is 0 Å². The van der Waals surface area contributed by atoms with Crippen molar-refractivity contribution in [2.24, 2.45) is 0 Å². The standard InChI is InChI=1S/C23H17Cl2N3O3/c24-18-9-6-15(10-19(18)25)11-21-27-20-12-16(7-8-17(20)22(29)28-21)26-23(30)31-13-14-4-2-1-3-5-14/h1-10,12H,11,13H2,(H,26,30)(H,27,28,29). The number of halogens is 2. The predicted molar refractivity (Wildman–Crippen MR) is 122 cm³/mol. The summed E-state index contributed by atoms with van der Waals surface area (Å²) in [5, 5.41) is 3.97. The van der Waals surface area contributed by atoms with Crippen LogP contribution >= 0.6 is 23.2 Å². The molecule has 156 valence electrons. The van der Waals surface area contributed by atoms with Crippen LogP contribution in [0.2, 0.25) is 10.0 Å². The molecule has 0 aliphatic heterocycles. The normalized spacial score (nSPS) is 10.8. The number of aromatic nitrogens is 2. The summed E-state index contributed by atoms with van der Waals surface area (Å²) >= 11 is 12.0. The summed E-state index contributed by atoms with van der Waals surface area (Å²) in [6.45, 7) is 0.159. The first-order valence-electron chi connectivity index (χ1n) is 9.42. The zero-order valence-electron chi connectivity index (χ0n) is 16.2. The maximum absolute atomic E-state index is 12.4. The SMILES string of the molecule is O=C(Nc1ccc2c(=O)[nH]c(Cc3ccc(Cl)c(Cl)c3)nc2c1)OCc1ccccc1. The van der Waals surface area contributed by atoms with Gasteiger partial charge < -0.3 is 9.72 Å². The lowest BCUT2D eigenvalue weighted by atomic mass is 10.1. The van der Waals surface area contributed by atoms with Gasteiger partial charge in [-0.25, -0.2) is 9.78 Å². The second-order valence-corrected chi connectivity index (χ2v) is 7.67. The summed E-state index contributed by atoms with van der Waals surface area (Å²) in [7, 11) is 0. The number of amides is 1. The van der Waals surface area contributed by atoms with E-state index in [4.69, 9.17) is 27.9 Å². The highest BCUT2D eigenvalue weighted by atomic mass is 35.5. The van der Waals surface area contributed by atoms with Crippen molar-refractivity contribution in [3.63, 3.8) is 0 Å². The monoisotopic (exact) mass is 453 g/mol. The minimum absolute atomic E-state index is 0.159. The van der Waals surface area contributed by atoms with Gasteiger partial charge >= 0.3 is 6.09 Å². The maximum Gasteiger partial charge on any atom is 0.411 e. The van der Waals surface area contributed by atoms with E-state index in [1.807, 2.05) is 36.4 Å². The molecule has 0 unspecified atom stereocenters. The largest absolute Gasteiger partial charge is 0.444 e. The third kappa shape index (κ3) is 5.23. The van der Waals surface area contributed by atoms with Gasteiger partial charge in [-0.2, -0.15) is 0 Å². The first-order chi connectivity index (χ1) is 15.0. The lowest BCUT2D eigenvalue weighted by Crippen LogP contribution is -2.15. The molecule has 0 atom stereocenters. The van der Waals surface area contributed by atoms with Crippen LogP contribution in [0.15, 0.2) is 71.5 Å². The van der Waals surface area contributed by atoms with Gasteiger partial charge in [0.15, 0.2) is 0 Å². The van der Waals surface area contributed by atoms with Gasteiger partial charge in [0, 0.05) is 12.1 Å². The van der Waals surface area contributed by atoms with Gasteiger partial charge in [0.25, 0.3) is 5.56 Å². The minimum Gasteiger partial charge on any atom is -0.444 e. The quantitative estimate of drug-likeness (QED) is 0.413. The molecular formula is C23H17Cl2N3O3. The van der Waals surface area contributed by atoms with Crippen LogP contribution in [0, 0.1) is 0 Å². The number of nitrogens with zero attached hydrogens (tertiary/aromatic N) is 1. The fourth-order valence-corrected chi connectivity index (χ4v) is 3.39. The lowest BCUT2D eigenvalue weighted by Gasteiger charge is -2.09. The molecule has 2 N–H and O–H groups in total. The summed E-state index contributed by atoms with van der Waals surface area (Å²) in [5.74, 6) is 0.472. The van der Waals surface area contributed by atoms with Gasteiger partial charge in [-0.3, -0.25) is 10.1 Å². The van der Waals surface area contributed by atoms with Crippen LogP contribution in [0.5, 0.6) is 0 Å². The molecule has 4 rings (SSSR count). The van der Waals surface area contributed by atoms with Crippen molar-refractivity contribution in [2.75, 3.05) is 5.32 Å². The molecule has 6 nitrogen and oxygen atoms in total. The fraction of sp³-hybridized carbons (Fsp3) is 0.0870. The van der Waals surface area contributed by atoms with Crippen molar-refractivity contribution < 1.29 is 9.53 Å². The topological polar surface area (TPSA) is 84.1 Å². The molecule has 1 aromatic heterocycles. The predicted octanol–water partition coefficient (Wildman–Crippen LogP) is 5.57. The number of rotatable bonds is 5. The van der Waals surface area contributed by atoms with E-state index >= 15 is 0 Å². The Morgan fingerprint density at radius 2 is 1.77 bits per heavy atom. The third-order valence-corrected chi connectivity index (χ3v) is 5.31. The summed E-state index contributed by atoms with van der Waals surface area (Å²) in [6.07, 6.45) is -0.220. The zero-order chi connectivity index (χ0) is 21.8. The zero-order valence-corrected chi connectivity index (χ0v) is 17.7. The fourth-order valence-electron chi connectivity index (χ4n) is 3.07. The highest BCUT2D eigenvalue weighted by molar-refractivity contribution is 6.42. The second-order valence-electron chi connectivity index (χ2n) is 6.86. The van der Waals surface area contributed by atoms with E-state index in [1.54, 1.807) is 30.3 Å². The number of ether oxygens (including phenoxy) is 1. The Kier molecular flexibility index (Phi) is 6.21. The van der Waals surface area contributed by atoms with Crippen LogP contribution in [0.4, 0.5) is 10.5 Å². The molecule has 0 spiro atoms. The van der Waals surface area contributed by atoms with E-state index in [2.05, 4.69) is 15.3 Å². The van der Waals surface area contributed by atoms with E-state index < -0.39 is 6.09 Å². The van der Waals surface area contributed by atoms with Gasteiger partial charge in [-0.05, 0) is 41.5 Å². The van der Waals surface area contributed by atoms with Crippen LogP contribution in [0.3, 0.4) is 0 Å². The first-order valence-corrected chi connectivity index (χ1v) is 10.2. The molecule has 1 amide bonds. The van der Waals surface area contributed by atoms with Crippen molar-refractivity contribution >= 4 is 45.9 Å². The van der Waals surface area contributed by atoms with Crippen LogP contribution < -0.4 is 10.9 Å². The van der Waals surface area contributed by atoms with Crippen LogP contribution in [0.25, 0.3) is 10.9 Å². The highest BCUT2D eigenvalue weighted by Gasteiger charge is 2.09. The van der Waals surface area contributed by atoms with Crippen molar-refractivity contribution in [3.8, 4) is 0 Å². The Morgan fingerprint density at radius 3 is 2.55 bits per heavy atom. The molecule has 0 saturated carbocycles. The number of aromatic amines is 1. The minimum atomic E-state index is -0.593. The van der Waals surface area contributed by atoms with Gasteiger partial charge in [-0.1, -0.05) is 59.6 Å². The number of nitrogens with one attached hydrogen (secondary N) is 2. The Bertz CT molecular complexity index is 1310. The Morgan fingerprint density at radius 1 is 0.968 bits per heavy atom. The summed E-state index contributed by atoms with van der Waals surface area (Å²) < 4.78 is 5.23.